The predicted octanol–water partition coefficient (Wildman–Crippen LogP) is 2.08. The quantitative estimate of drug-likeness (QED) is 0.624. The molecule has 15 heavy (non-hydrogen) atoms. The second kappa shape index (κ2) is 6.09. The molecule has 3 heteroatoms. The third-order valence-electron chi connectivity index (χ3n) is 3.06. The summed E-state index contributed by atoms with van der Waals surface area (Å²) in [5, 5.41) is 12.0. The summed E-state index contributed by atoms with van der Waals surface area (Å²) in [7, 11) is 1.84. The average molecular weight is 210 g/mol. The Kier molecular flexibility index (Phi) is 5.07. The summed E-state index contributed by atoms with van der Waals surface area (Å²) in [5.41, 5.74) is -0.365. The Morgan fingerprint density at radius 3 is 2.73 bits per heavy atom. The fraction of sp³-hybridized carbons (Fsp3) is 0.917. The predicted molar refractivity (Wildman–Crippen MR) is 60.5 cm³/mol. The van der Waals surface area contributed by atoms with Crippen molar-refractivity contribution < 1.29 is 4.74 Å². The summed E-state index contributed by atoms with van der Waals surface area (Å²) < 4.78 is 5.54. The summed E-state index contributed by atoms with van der Waals surface area (Å²) in [6.45, 7) is 3.74. The molecule has 86 valence electrons. The topological polar surface area (TPSA) is 45.0 Å². The van der Waals surface area contributed by atoms with Gasteiger partial charge >= 0.3 is 0 Å². The molecule has 0 aliphatic heterocycles. The maximum absolute atomic E-state index is 8.93. The Morgan fingerprint density at radius 1 is 1.47 bits per heavy atom. The highest BCUT2D eigenvalue weighted by Crippen LogP contribution is 2.28. The van der Waals surface area contributed by atoms with Crippen molar-refractivity contribution in [3.63, 3.8) is 0 Å². The number of hydrogen-bond acceptors (Lipinski definition) is 3. The van der Waals surface area contributed by atoms with E-state index in [1.165, 1.54) is 12.8 Å². The van der Waals surface area contributed by atoms with Crippen molar-refractivity contribution in [2.75, 3.05) is 20.3 Å². The van der Waals surface area contributed by atoms with Gasteiger partial charge in [-0.3, -0.25) is 0 Å². The van der Waals surface area contributed by atoms with E-state index in [4.69, 9.17) is 10.00 Å². The lowest BCUT2D eigenvalue weighted by Crippen LogP contribution is -2.37. The SMILES string of the molecule is CNC(C)(C#N)CCCCOCC1CC1. The molecule has 0 spiro atoms. The van der Waals surface area contributed by atoms with Crippen LogP contribution in [-0.4, -0.2) is 25.8 Å². The second-order valence-corrected chi connectivity index (χ2v) is 4.67. The van der Waals surface area contributed by atoms with Crippen LogP contribution in [0.4, 0.5) is 0 Å². The van der Waals surface area contributed by atoms with Crippen molar-refractivity contribution in [3.8, 4) is 6.07 Å². The molecule has 0 radical (unpaired) electrons. The van der Waals surface area contributed by atoms with E-state index in [1.807, 2.05) is 14.0 Å². The molecular weight excluding hydrogens is 188 g/mol. The van der Waals surface area contributed by atoms with E-state index < -0.39 is 0 Å². The van der Waals surface area contributed by atoms with Crippen molar-refractivity contribution in [2.24, 2.45) is 5.92 Å². The van der Waals surface area contributed by atoms with Gasteiger partial charge in [0.05, 0.1) is 6.07 Å². The molecule has 1 unspecified atom stereocenters. The van der Waals surface area contributed by atoms with E-state index in [0.717, 1.165) is 38.4 Å². The zero-order valence-corrected chi connectivity index (χ0v) is 9.88. The fourth-order valence-corrected chi connectivity index (χ4v) is 1.45. The van der Waals surface area contributed by atoms with Crippen LogP contribution in [0.5, 0.6) is 0 Å². The monoisotopic (exact) mass is 210 g/mol. The van der Waals surface area contributed by atoms with Crippen molar-refractivity contribution in [1.82, 2.24) is 5.32 Å². The Labute approximate surface area is 92.8 Å². The van der Waals surface area contributed by atoms with Gasteiger partial charge in [-0.1, -0.05) is 0 Å². The number of nitriles is 1. The van der Waals surface area contributed by atoms with Crippen LogP contribution in [0.1, 0.15) is 39.0 Å². The van der Waals surface area contributed by atoms with E-state index in [2.05, 4.69) is 11.4 Å². The highest BCUT2D eigenvalue weighted by Gasteiger charge is 2.21. The van der Waals surface area contributed by atoms with Crippen molar-refractivity contribution in [1.29, 1.82) is 5.26 Å². The molecule has 3 nitrogen and oxygen atoms in total. The third-order valence-corrected chi connectivity index (χ3v) is 3.06. The molecular formula is C12H22N2O. The second-order valence-electron chi connectivity index (χ2n) is 4.67. The van der Waals surface area contributed by atoms with Crippen molar-refractivity contribution >= 4 is 0 Å². The van der Waals surface area contributed by atoms with Gasteiger partial charge in [-0.2, -0.15) is 5.26 Å². The van der Waals surface area contributed by atoms with E-state index in [1.54, 1.807) is 0 Å². The largest absolute Gasteiger partial charge is 0.381 e. The molecule has 0 aromatic carbocycles. The summed E-state index contributed by atoms with van der Waals surface area (Å²) in [6, 6.07) is 2.30. The Morgan fingerprint density at radius 2 is 2.20 bits per heavy atom. The molecule has 0 saturated heterocycles. The number of ether oxygens (including phenoxy) is 1. The number of nitrogens with one attached hydrogen (secondary N) is 1. The molecule has 1 fully saturated rings. The van der Waals surface area contributed by atoms with Gasteiger partial charge < -0.3 is 10.1 Å². The first-order valence-corrected chi connectivity index (χ1v) is 5.88. The number of unbranched alkanes of at least 4 members (excludes halogenated alkanes) is 1. The van der Waals surface area contributed by atoms with Gasteiger partial charge in [-0.25, -0.2) is 0 Å². The van der Waals surface area contributed by atoms with Gasteiger partial charge in [-0.15, -0.1) is 0 Å². The van der Waals surface area contributed by atoms with Crippen LogP contribution < -0.4 is 5.32 Å². The van der Waals surface area contributed by atoms with Gasteiger partial charge in [0.15, 0.2) is 0 Å². The zero-order valence-electron chi connectivity index (χ0n) is 9.88. The van der Waals surface area contributed by atoms with Crippen LogP contribution in [0.2, 0.25) is 0 Å². The van der Waals surface area contributed by atoms with Gasteiger partial charge in [0.2, 0.25) is 0 Å². The number of rotatable bonds is 8. The number of hydrogen-bond donors (Lipinski definition) is 1. The van der Waals surface area contributed by atoms with E-state index >= 15 is 0 Å². The summed E-state index contributed by atoms with van der Waals surface area (Å²) in [5.74, 6) is 0.853. The highest BCUT2D eigenvalue weighted by molar-refractivity contribution is 5.02. The van der Waals surface area contributed by atoms with Gasteiger partial charge in [0.25, 0.3) is 0 Å². The average Bonchev–Trinajstić information content (AvgIpc) is 3.06. The first kappa shape index (κ1) is 12.5. The Bertz CT molecular complexity index is 220. The van der Waals surface area contributed by atoms with E-state index in [9.17, 15) is 0 Å². The molecule has 1 N–H and O–H groups in total. The molecule has 0 bridgehead atoms. The number of nitrogens with zero attached hydrogens (tertiary/aromatic N) is 1. The Balaban J connectivity index is 1.93. The van der Waals surface area contributed by atoms with E-state index in [0.29, 0.717) is 0 Å². The van der Waals surface area contributed by atoms with Crippen molar-refractivity contribution in [2.45, 2.75) is 44.6 Å². The minimum atomic E-state index is -0.365. The van der Waals surface area contributed by atoms with Crippen LogP contribution in [0.15, 0.2) is 0 Å². The standard InChI is InChI=1S/C12H22N2O/c1-12(10-13,14-2)7-3-4-8-15-9-11-5-6-11/h11,14H,3-9H2,1-2H3. The molecule has 1 atom stereocenters. The van der Waals surface area contributed by atoms with Gasteiger partial charge in [-0.05, 0) is 52.0 Å². The first-order valence-electron chi connectivity index (χ1n) is 5.88. The Hall–Kier alpha value is -0.590. The maximum atomic E-state index is 8.93. The van der Waals surface area contributed by atoms with Crippen molar-refractivity contribution in [3.05, 3.63) is 0 Å². The van der Waals surface area contributed by atoms with Crippen LogP contribution in [0, 0.1) is 17.2 Å². The molecule has 0 aromatic heterocycles. The molecule has 1 rings (SSSR count). The highest BCUT2D eigenvalue weighted by atomic mass is 16.5. The molecule has 0 amide bonds. The summed E-state index contributed by atoms with van der Waals surface area (Å²) in [4.78, 5) is 0. The summed E-state index contributed by atoms with van der Waals surface area (Å²) >= 11 is 0. The molecule has 1 saturated carbocycles. The smallest absolute Gasteiger partial charge is 0.103 e. The minimum Gasteiger partial charge on any atom is -0.381 e. The molecule has 0 aromatic rings. The van der Waals surface area contributed by atoms with Crippen LogP contribution in [-0.2, 0) is 4.74 Å². The lowest BCUT2D eigenvalue weighted by Gasteiger charge is -2.20. The minimum absolute atomic E-state index is 0.365. The van der Waals surface area contributed by atoms with Crippen LogP contribution in [0.25, 0.3) is 0 Å². The first-order chi connectivity index (χ1) is 7.20. The zero-order chi connectivity index (χ0) is 11.1. The molecule has 0 heterocycles. The lowest BCUT2D eigenvalue weighted by atomic mass is 9.97. The van der Waals surface area contributed by atoms with Crippen LogP contribution in [0.3, 0.4) is 0 Å². The fourth-order valence-electron chi connectivity index (χ4n) is 1.45. The maximum Gasteiger partial charge on any atom is 0.103 e. The normalized spacial score (nSPS) is 19.5. The third kappa shape index (κ3) is 5.15. The molecule has 1 aliphatic rings. The molecule has 1 aliphatic carbocycles. The van der Waals surface area contributed by atoms with E-state index in [-0.39, 0.29) is 5.54 Å². The van der Waals surface area contributed by atoms with Crippen LogP contribution >= 0.6 is 0 Å². The lowest BCUT2D eigenvalue weighted by molar-refractivity contribution is 0.119. The van der Waals surface area contributed by atoms with Gasteiger partial charge in [0, 0.05) is 13.2 Å². The summed E-state index contributed by atoms with van der Waals surface area (Å²) in [6.07, 6.45) is 5.71. The van der Waals surface area contributed by atoms with Gasteiger partial charge in [0.1, 0.15) is 5.54 Å².